The van der Waals surface area contributed by atoms with Gasteiger partial charge in [0, 0.05) is 37.8 Å². The second kappa shape index (κ2) is 7.97. The molecule has 1 aliphatic carbocycles. The highest BCUT2D eigenvalue weighted by atomic mass is 16.5. The van der Waals surface area contributed by atoms with Gasteiger partial charge in [0.05, 0.1) is 23.0 Å². The number of hydrogen-bond donors (Lipinski definition) is 2. The van der Waals surface area contributed by atoms with E-state index in [-0.39, 0.29) is 5.91 Å². The number of amides is 1. The number of rotatable bonds is 6. The van der Waals surface area contributed by atoms with Crippen LogP contribution in [0.2, 0.25) is 0 Å². The molecule has 152 valence electrons. The fourth-order valence-electron chi connectivity index (χ4n) is 3.20. The molecular weight excluding hydrogens is 380 g/mol. The van der Waals surface area contributed by atoms with E-state index >= 15 is 0 Å². The zero-order valence-corrected chi connectivity index (χ0v) is 16.8. The van der Waals surface area contributed by atoms with Crippen LogP contribution in [0.5, 0.6) is 11.6 Å². The molecule has 1 aliphatic rings. The lowest BCUT2D eigenvalue weighted by Gasteiger charge is -2.13. The second-order valence-corrected chi connectivity index (χ2v) is 7.30. The van der Waals surface area contributed by atoms with Gasteiger partial charge in [-0.2, -0.15) is 10.4 Å². The molecule has 1 fully saturated rings. The SMILES string of the molecule is CNC(=O)C(N)c1ccc(-c2ccc(C#N)cc2Oc2cc(C3CC3)nn2C)nc1. The van der Waals surface area contributed by atoms with E-state index in [0.29, 0.717) is 34.4 Å². The van der Waals surface area contributed by atoms with Gasteiger partial charge in [-0.3, -0.25) is 9.78 Å². The zero-order chi connectivity index (χ0) is 21.3. The van der Waals surface area contributed by atoms with E-state index in [4.69, 9.17) is 10.5 Å². The Balaban J connectivity index is 1.67. The van der Waals surface area contributed by atoms with Crippen LogP contribution in [0.4, 0.5) is 0 Å². The molecule has 3 N–H and O–H groups in total. The minimum atomic E-state index is -0.788. The summed E-state index contributed by atoms with van der Waals surface area (Å²) in [6, 6.07) is 12.0. The number of ether oxygens (including phenoxy) is 1. The van der Waals surface area contributed by atoms with Crippen molar-refractivity contribution in [1.29, 1.82) is 5.26 Å². The number of likely N-dealkylation sites (N-methyl/N-ethyl adjacent to an activating group) is 1. The molecule has 1 saturated carbocycles. The van der Waals surface area contributed by atoms with Gasteiger partial charge in [-0.05, 0) is 42.7 Å². The summed E-state index contributed by atoms with van der Waals surface area (Å²) in [5.74, 6) is 1.34. The average Bonchev–Trinajstić information content (AvgIpc) is 3.56. The third-order valence-electron chi connectivity index (χ3n) is 5.13. The van der Waals surface area contributed by atoms with Crippen LogP contribution in [0, 0.1) is 11.3 Å². The first kappa shape index (κ1) is 19.6. The van der Waals surface area contributed by atoms with Crippen molar-refractivity contribution < 1.29 is 9.53 Å². The lowest BCUT2D eigenvalue weighted by molar-refractivity contribution is -0.122. The molecule has 0 spiro atoms. The molecule has 8 heteroatoms. The quantitative estimate of drug-likeness (QED) is 0.654. The maximum absolute atomic E-state index is 11.8. The van der Waals surface area contributed by atoms with Crippen LogP contribution in [0.15, 0.2) is 42.6 Å². The lowest BCUT2D eigenvalue weighted by Crippen LogP contribution is -2.31. The topological polar surface area (TPSA) is 119 Å². The molecule has 1 amide bonds. The summed E-state index contributed by atoms with van der Waals surface area (Å²) in [4.78, 5) is 16.2. The summed E-state index contributed by atoms with van der Waals surface area (Å²) in [6.45, 7) is 0. The normalized spacial score (nSPS) is 14.1. The molecule has 2 aromatic heterocycles. The molecule has 4 rings (SSSR count). The van der Waals surface area contributed by atoms with Gasteiger partial charge in [-0.1, -0.05) is 6.07 Å². The van der Waals surface area contributed by atoms with Crippen molar-refractivity contribution in [3.8, 4) is 29.0 Å². The van der Waals surface area contributed by atoms with E-state index in [9.17, 15) is 10.1 Å². The van der Waals surface area contributed by atoms with Crippen molar-refractivity contribution in [2.45, 2.75) is 24.8 Å². The van der Waals surface area contributed by atoms with Crippen LogP contribution < -0.4 is 15.8 Å². The first-order valence-corrected chi connectivity index (χ1v) is 9.69. The van der Waals surface area contributed by atoms with Gasteiger partial charge < -0.3 is 15.8 Å². The van der Waals surface area contributed by atoms with Crippen molar-refractivity contribution in [2.75, 3.05) is 7.05 Å². The Bertz CT molecular complexity index is 1130. The zero-order valence-electron chi connectivity index (χ0n) is 16.8. The molecule has 30 heavy (non-hydrogen) atoms. The summed E-state index contributed by atoms with van der Waals surface area (Å²) in [5, 5.41) is 16.4. The van der Waals surface area contributed by atoms with E-state index in [2.05, 4.69) is 21.5 Å². The number of nitrogens with zero attached hydrogens (tertiary/aromatic N) is 4. The third kappa shape index (κ3) is 3.88. The van der Waals surface area contributed by atoms with Crippen molar-refractivity contribution in [2.24, 2.45) is 12.8 Å². The van der Waals surface area contributed by atoms with Crippen molar-refractivity contribution >= 4 is 5.91 Å². The Morgan fingerprint density at radius 1 is 1.33 bits per heavy atom. The Kier molecular flexibility index (Phi) is 5.21. The van der Waals surface area contributed by atoms with Gasteiger partial charge in [0.25, 0.3) is 0 Å². The fourth-order valence-corrected chi connectivity index (χ4v) is 3.20. The Morgan fingerprint density at radius 3 is 2.77 bits per heavy atom. The number of nitrogens with one attached hydrogen (secondary N) is 1. The highest BCUT2D eigenvalue weighted by Gasteiger charge is 2.27. The minimum Gasteiger partial charge on any atom is -0.439 e. The van der Waals surface area contributed by atoms with Crippen molar-refractivity contribution in [3.63, 3.8) is 0 Å². The smallest absolute Gasteiger partial charge is 0.241 e. The predicted octanol–water partition coefficient (Wildman–Crippen LogP) is 2.77. The second-order valence-electron chi connectivity index (χ2n) is 7.30. The number of carbonyl (C=O) groups is 1. The highest BCUT2D eigenvalue weighted by molar-refractivity contribution is 5.82. The third-order valence-corrected chi connectivity index (χ3v) is 5.13. The number of nitrogens with two attached hydrogens (primary N) is 1. The summed E-state index contributed by atoms with van der Waals surface area (Å²) < 4.78 is 7.85. The van der Waals surface area contributed by atoms with Crippen LogP contribution in [0.25, 0.3) is 11.3 Å². The van der Waals surface area contributed by atoms with E-state index in [0.717, 1.165) is 24.1 Å². The number of pyridine rings is 1. The number of aromatic nitrogens is 3. The van der Waals surface area contributed by atoms with E-state index < -0.39 is 6.04 Å². The Morgan fingerprint density at radius 2 is 2.13 bits per heavy atom. The number of benzene rings is 1. The Labute approximate surface area is 174 Å². The van der Waals surface area contributed by atoms with Gasteiger partial charge in [0.1, 0.15) is 11.8 Å². The molecule has 1 aromatic carbocycles. The first-order valence-electron chi connectivity index (χ1n) is 9.69. The molecule has 3 aromatic rings. The van der Waals surface area contributed by atoms with Crippen LogP contribution in [-0.2, 0) is 11.8 Å². The number of aryl methyl sites for hydroxylation is 1. The lowest BCUT2D eigenvalue weighted by atomic mass is 10.0. The molecule has 8 nitrogen and oxygen atoms in total. The molecule has 1 unspecified atom stereocenters. The molecule has 0 aliphatic heterocycles. The summed E-state index contributed by atoms with van der Waals surface area (Å²) in [6.07, 6.45) is 3.88. The molecule has 2 heterocycles. The molecule has 0 bridgehead atoms. The fraction of sp³-hybridized carbons (Fsp3) is 0.273. The Hall–Kier alpha value is -3.70. The van der Waals surface area contributed by atoms with Crippen LogP contribution in [-0.4, -0.2) is 27.7 Å². The number of nitriles is 1. The van der Waals surface area contributed by atoms with E-state index in [1.807, 2.05) is 13.1 Å². The van der Waals surface area contributed by atoms with Gasteiger partial charge in [-0.25, -0.2) is 4.68 Å². The van der Waals surface area contributed by atoms with Crippen LogP contribution in [0.3, 0.4) is 0 Å². The highest BCUT2D eigenvalue weighted by Crippen LogP contribution is 2.41. The average molecular weight is 402 g/mol. The number of hydrogen-bond acceptors (Lipinski definition) is 6. The van der Waals surface area contributed by atoms with Crippen molar-refractivity contribution in [1.82, 2.24) is 20.1 Å². The largest absolute Gasteiger partial charge is 0.439 e. The van der Waals surface area contributed by atoms with Gasteiger partial charge >= 0.3 is 0 Å². The predicted molar refractivity (Wildman–Crippen MR) is 111 cm³/mol. The molecular formula is C22H22N6O2. The van der Waals surface area contributed by atoms with Crippen LogP contribution in [0.1, 0.15) is 41.6 Å². The van der Waals surface area contributed by atoms with Gasteiger partial charge in [0.2, 0.25) is 11.8 Å². The van der Waals surface area contributed by atoms with E-state index in [1.165, 1.54) is 7.05 Å². The minimum absolute atomic E-state index is 0.283. The van der Waals surface area contributed by atoms with Gasteiger partial charge in [0.15, 0.2) is 0 Å². The molecule has 1 atom stereocenters. The standard InChI is InChI=1S/C22H22N6O2/c1-25-22(29)21(24)15-6-8-17(26-12-15)16-7-3-13(11-23)9-19(16)30-20-10-18(14-4-5-14)27-28(20)2/h3,6-10,12,14,21H,4-5,24H2,1-2H3,(H,25,29). The van der Waals surface area contributed by atoms with Crippen LogP contribution >= 0.6 is 0 Å². The molecule has 0 radical (unpaired) electrons. The summed E-state index contributed by atoms with van der Waals surface area (Å²) >= 11 is 0. The number of carbonyl (C=O) groups excluding carboxylic acids is 1. The van der Waals surface area contributed by atoms with E-state index in [1.54, 1.807) is 41.2 Å². The monoisotopic (exact) mass is 402 g/mol. The summed E-state index contributed by atoms with van der Waals surface area (Å²) in [7, 11) is 3.37. The maximum Gasteiger partial charge on any atom is 0.241 e. The van der Waals surface area contributed by atoms with Crippen molar-refractivity contribution in [3.05, 3.63) is 59.4 Å². The molecule has 0 saturated heterocycles. The first-order chi connectivity index (χ1) is 14.5. The summed E-state index contributed by atoms with van der Waals surface area (Å²) in [5.41, 5.74) is 9.42. The maximum atomic E-state index is 11.8. The van der Waals surface area contributed by atoms with Gasteiger partial charge in [-0.15, -0.1) is 0 Å².